The first kappa shape index (κ1) is 15.1. The average molecular weight is 299 g/mol. The average Bonchev–Trinajstić information content (AvgIpc) is 3.06. The first-order chi connectivity index (χ1) is 10.7. The third-order valence-electron chi connectivity index (χ3n) is 4.56. The van der Waals surface area contributed by atoms with E-state index >= 15 is 0 Å². The Morgan fingerprint density at radius 2 is 2.05 bits per heavy atom. The van der Waals surface area contributed by atoms with E-state index in [0.717, 1.165) is 32.0 Å². The highest BCUT2D eigenvalue weighted by Crippen LogP contribution is 2.26. The third kappa shape index (κ3) is 3.69. The summed E-state index contributed by atoms with van der Waals surface area (Å²) < 4.78 is 5.96. The summed E-state index contributed by atoms with van der Waals surface area (Å²) in [6, 6.07) is 8.48. The fourth-order valence-electron chi connectivity index (χ4n) is 3.11. The number of piperidine rings is 1. The van der Waals surface area contributed by atoms with E-state index in [9.17, 15) is 0 Å². The molecular formula is C18H25N3O. The summed E-state index contributed by atoms with van der Waals surface area (Å²) in [5.74, 6) is 1.66. The van der Waals surface area contributed by atoms with Gasteiger partial charge in [0.05, 0.1) is 0 Å². The zero-order valence-corrected chi connectivity index (χ0v) is 13.5. The lowest BCUT2D eigenvalue weighted by Gasteiger charge is -2.31. The number of ether oxygens (including phenoxy) is 1. The number of benzene rings is 1. The maximum Gasteiger partial charge on any atom is 0.122 e. The van der Waals surface area contributed by atoms with Gasteiger partial charge in [-0.15, -0.1) is 0 Å². The predicted octanol–water partition coefficient (Wildman–Crippen LogP) is 3.28. The van der Waals surface area contributed by atoms with Gasteiger partial charge in [-0.3, -0.25) is 10.00 Å². The van der Waals surface area contributed by atoms with Crippen LogP contribution in [0.1, 0.15) is 35.6 Å². The van der Waals surface area contributed by atoms with Crippen LogP contribution >= 0.6 is 0 Å². The second-order valence-corrected chi connectivity index (χ2v) is 6.25. The van der Waals surface area contributed by atoms with E-state index in [4.69, 9.17) is 4.74 Å². The molecular weight excluding hydrogens is 274 g/mol. The van der Waals surface area contributed by atoms with Crippen molar-refractivity contribution >= 4 is 0 Å². The Kier molecular flexibility index (Phi) is 4.78. The lowest BCUT2D eigenvalue weighted by molar-refractivity contribution is 0.172. The van der Waals surface area contributed by atoms with Crippen LogP contribution in [0.5, 0.6) is 5.75 Å². The highest BCUT2D eigenvalue weighted by Gasteiger charge is 2.21. The van der Waals surface area contributed by atoms with Crippen LogP contribution in [-0.2, 0) is 0 Å². The highest BCUT2D eigenvalue weighted by atomic mass is 16.5. The summed E-state index contributed by atoms with van der Waals surface area (Å²) in [7, 11) is 0. The Bertz CT molecular complexity index is 586. The number of hydrogen-bond donors (Lipinski definition) is 1. The second-order valence-electron chi connectivity index (χ2n) is 6.25. The van der Waals surface area contributed by atoms with Gasteiger partial charge in [0, 0.05) is 24.4 Å². The third-order valence-corrected chi connectivity index (χ3v) is 4.56. The van der Waals surface area contributed by atoms with Gasteiger partial charge in [-0.2, -0.15) is 5.10 Å². The molecule has 2 aromatic rings. The summed E-state index contributed by atoms with van der Waals surface area (Å²) in [6.07, 6.45) is 4.25. The lowest BCUT2D eigenvalue weighted by Crippen LogP contribution is -2.36. The molecule has 0 aliphatic carbocycles. The summed E-state index contributed by atoms with van der Waals surface area (Å²) >= 11 is 0. The van der Waals surface area contributed by atoms with Gasteiger partial charge >= 0.3 is 0 Å². The maximum atomic E-state index is 5.96. The number of hydrogen-bond acceptors (Lipinski definition) is 3. The number of nitrogens with zero attached hydrogens (tertiary/aromatic N) is 2. The Morgan fingerprint density at radius 1 is 1.23 bits per heavy atom. The standard InChI is InChI=1S/C18H25N3O/c1-14-3-4-15(2)18(13-14)22-12-11-21-9-6-16(7-10-21)17-5-8-19-20-17/h3-5,8,13,16H,6-7,9-12H2,1-2H3,(H,19,20). The molecule has 1 N–H and O–H groups in total. The first-order valence-electron chi connectivity index (χ1n) is 8.14. The molecule has 1 aromatic heterocycles. The van der Waals surface area contributed by atoms with Crippen LogP contribution in [0.2, 0.25) is 0 Å². The van der Waals surface area contributed by atoms with E-state index in [1.807, 2.05) is 6.20 Å². The lowest BCUT2D eigenvalue weighted by atomic mass is 9.94. The van der Waals surface area contributed by atoms with Crippen LogP contribution < -0.4 is 4.74 Å². The van der Waals surface area contributed by atoms with E-state index < -0.39 is 0 Å². The summed E-state index contributed by atoms with van der Waals surface area (Å²) in [5, 5.41) is 7.16. The van der Waals surface area contributed by atoms with Gasteiger partial charge in [-0.25, -0.2) is 0 Å². The van der Waals surface area contributed by atoms with E-state index in [0.29, 0.717) is 5.92 Å². The smallest absolute Gasteiger partial charge is 0.122 e. The molecule has 22 heavy (non-hydrogen) atoms. The van der Waals surface area contributed by atoms with E-state index in [2.05, 4.69) is 53.2 Å². The monoisotopic (exact) mass is 299 g/mol. The highest BCUT2D eigenvalue weighted by molar-refractivity contribution is 5.35. The molecule has 2 heterocycles. The Labute approximate surface area is 132 Å². The molecule has 4 heteroatoms. The number of aromatic amines is 1. The molecule has 1 aromatic carbocycles. The van der Waals surface area contributed by atoms with Crippen molar-refractivity contribution in [3.63, 3.8) is 0 Å². The second kappa shape index (κ2) is 6.97. The van der Waals surface area contributed by atoms with Gasteiger partial charge < -0.3 is 4.74 Å². The molecule has 0 saturated carbocycles. The summed E-state index contributed by atoms with van der Waals surface area (Å²) in [5.41, 5.74) is 3.75. The van der Waals surface area contributed by atoms with Gasteiger partial charge in [0.25, 0.3) is 0 Å². The van der Waals surface area contributed by atoms with Gasteiger partial charge in [-0.1, -0.05) is 12.1 Å². The van der Waals surface area contributed by atoms with Crippen molar-refractivity contribution in [1.29, 1.82) is 0 Å². The molecule has 1 aliphatic heterocycles. The molecule has 118 valence electrons. The summed E-state index contributed by atoms with van der Waals surface area (Å²) in [4.78, 5) is 2.50. The molecule has 0 amide bonds. The van der Waals surface area contributed by atoms with Crippen LogP contribution in [-0.4, -0.2) is 41.3 Å². The Hall–Kier alpha value is -1.81. The molecule has 3 rings (SSSR count). The minimum atomic E-state index is 0.638. The number of nitrogens with one attached hydrogen (secondary N) is 1. The number of likely N-dealkylation sites (tertiary alicyclic amines) is 1. The Morgan fingerprint density at radius 3 is 2.77 bits per heavy atom. The van der Waals surface area contributed by atoms with Crippen LogP contribution in [0.3, 0.4) is 0 Å². The van der Waals surface area contributed by atoms with Crippen molar-refractivity contribution in [3.05, 3.63) is 47.3 Å². The van der Waals surface area contributed by atoms with Crippen LogP contribution in [0, 0.1) is 13.8 Å². The first-order valence-corrected chi connectivity index (χ1v) is 8.14. The van der Waals surface area contributed by atoms with Gasteiger partial charge in [-0.05, 0) is 63.0 Å². The van der Waals surface area contributed by atoms with Crippen molar-refractivity contribution in [3.8, 4) is 5.75 Å². The summed E-state index contributed by atoms with van der Waals surface area (Å²) in [6.45, 7) is 8.25. The van der Waals surface area contributed by atoms with Crippen LogP contribution in [0.25, 0.3) is 0 Å². The molecule has 1 saturated heterocycles. The van der Waals surface area contributed by atoms with Crippen molar-refractivity contribution in [2.75, 3.05) is 26.2 Å². The van der Waals surface area contributed by atoms with Crippen molar-refractivity contribution in [2.45, 2.75) is 32.6 Å². The minimum Gasteiger partial charge on any atom is -0.492 e. The topological polar surface area (TPSA) is 41.1 Å². The Balaban J connectivity index is 1.43. The quantitative estimate of drug-likeness (QED) is 0.921. The van der Waals surface area contributed by atoms with Crippen molar-refractivity contribution in [1.82, 2.24) is 15.1 Å². The van der Waals surface area contributed by atoms with Crippen LogP contribution in [0.15, 0.2) is 30.5 Å². The largest absolute Gasteiger partial charge is 0.492 e. The SMILES string of the molecule is Cc1ccc(C)c(OCCN2CCC(c3ccn[nH]3)CC2)c1. The van der Waals surface area contributed by atoms with Gasteiger partial charge in [0.2, 0.25) is 0 Å². The van der Waals surface area contributed by atoms with E-state index in [-0.39, 0.29) is 0 Å². The zero-order chi connectivity index (χ0) is 15.4. The maximum absolute atomic E-state index is 5.96. The van der Waals surface area contributed by atoms with Crippen molar-refractivity contribution < 1.29 is 4.74 Å². The number of H-pyrrole nitrogens is 1. The zero-order valence-electron chi connectivity index (χ0n) is 13.5. The fraction of sp³-hybridized carbons (Fsp3) is 0.500. The molecule has 0 bridgehead atoms. The molecule has 0 radical (unpaired) electrons. The molecule has 1 fully saturated rings. The number of rotatable bonds is 5. The minimum absolute atomic E-state index is 0.638. The molecule has 4 nitrogen and oxygen atoms in total. The van der Waals surface area contributed by atoms with Crippen LogP contribution in [0.4, 0.5) is 0 Å². The molecule has 0 unspecified atom stereocenters. The van der Waals surface area contributed by atoms with E-state index in [1.165, 1.54) is 29.7 Å². The molecule has 0 spiro atoms. The fourth-order valence-corrected chi connectivity index (χ4v) is 3.11. The number of aromatic nitrogens is 2. The predicted molar refractivity (Wildman–Crippen MR) is 88.4 cm³/mol. The molecule has 0 atom stereocenters. The van der Waals surface area contributed by atoms with Gasteiger partial charge in [0.15, 0.2) is 0 Å². The van der Waals surface area contributed by atoms with Crippen molar-refractivity contribution in [2.24, 2.45) is 0 Å². The van der Waals surface area contributed by atoms with Gasteiger partial charge in [0.1, 0.15) is 12.4 Å². The number of aryl methyl sites for hydroxylation is 2. The molecule has 1 aliphatic rings. The normalized spacial score (nSPS) is 16.8. The van der Waals surface area contributed by atoms with E-state index in [1.54, 1.807) is 0 Å².